The number of hydrogen-bond donors (Lipinski definition) is 0. The second-order valence-electron chi connectivity index (χ2n) is 8.55. The van der Waals surface area contributed by atoms with Crippen LogP contribution in [0.4, 0.5) is 4.39 Å². The Balaban J connectivity index is 1.55. The van der Waals surface area contributed by atoms with Crippen LogP contribution < -0.4 is 4.74 Å². The number of carbonyl (C=O) groups is 1. The third-order valence-corrected chi connectivity index (χ3v) is 5.80. The first kappa shape index (κ1) is 24.6. The summed E-state index contributed by atoms with van der Waals surface area (Å²) in [6.45, 7) is 4.35. The summed E-state index contributed by atoms with van der Waals surface area (Å²) in [7, 11) is 0. The van der Waals surface area contributed by atoms with Crippen molar-refractivity contribution in [3.8, 4) is 17.0 Å². The van der Waals surface area contributed by atoms with E-state index in [0.29, 0.717) is 5.75 Å². The monoisotopic (exact) mass is 447 g/mol. The van der Waals surface area contributed by atoms with Crippen molar-refractivity contribution in [2.45, 2.75) is 71.6 Å². The van der Waals surface area contributed by atoms with E-state index < -0.39 is 11.8 Å². The average molecular weight is 448 g/mol. The fourth-order valence-corrected chi connectivity index (χ4v) is 3.88. The lowest BCUT2D eigenvalue weighted by Crippen LogP contribution is -2.11. The van der Waals surface area contributed by atoms with Crippen LogP contribution in [-0.4, -0.2) is 11.0 Å². The lowest BCUT2D eigenvalue weighted by molar-refractivity contribution is 0.0730. The maximum absolute atomic E-state index is 14.5. The van der Waals surface area contributed by atoms with Gasteiger partial charge in [-0.05, 0) is 72.9 Å². The Kier molecular flexibility index (Phi) is 9.61. The number of pyridine rings is 1. The van der Waals surface area contributed by atoms with Gasteiger partial charge < -0.3 is 4.74 Å². The van der Waals surface area contributed by atoms with Crippen molar-refractivity contribution < 1.29 is 13.9 Å². The Morgan fingerprint density at radius 2 is 1.55 bits per heavy atom. The van der Waals surface area contributed by atoms with Crippen molar-refractivity contribution in [3.05, 3.63) is 83.3 Å². The normalized spacial score (nSPS) is 10.9. The minimum Gasteiger partial charge on any atom is -0.423 e. The van der Waals surface area contributed by atoms with Crippen molar-refractivity contribution in [2.24, 2.45) is 0 Å². The first-order valence-corrected chi connectivity index (χ1v) is 12.2. The minimum absolute atomic E-state index is 0.0426. The van der Waals surface area contributed by atoms with Gasteiger partial charge in [-0.1, -0.05) is 64.5 Å². The molecular formula is C29H34FNO2. The summed E-state index contributed by atoms with van der Waals surface area (Å²) in [5, 5.41) is 0. The van der Waals surface area contributed by atoms with Gasteiger partial charge >= 0.3 is 5.97 Å². The molecule has 0 atom stereocenters. The van der Waals surface area contributed by atoms with Gasteiger partial charge in [0, 0.05) is 11.8 Å². The molecule has 0 N–H and O–H groups in total. The average Bonchev–Trinajstić information content (AvgIpc) is 2.82. The van der Waals surface area contributed by atoms with Gasteiger partial charge in [-0.15, -0.1) is 0 Å². The molecule has 0 aliphatic carbocycles. The highest BCUT2D eigenvalue weighted by Gasteiger charge is 2.15. The van der Waals surface area contributed by atoms with Crippen LogP contribution in [0.3, 0.4) is 0 Å². The third-order valence-electron chi connectivity index (χ3n) is 5.80. The van der Waals surface area contributed by atoms with E-state index in [1.807, 2.05) is 30.5 Å². The molecule has 0 aliphatic rings. The standard InChI is InChI=1S/C29H34FNO2/c1-3-5-6-7-8-9-11-22-12-18-26(27(30)20-22)29(32)33-25-16-14-24(15-17-25)28-19-13-23(10-4-2)21-31-28/h12-21H,3-11H2,1-2H3. The van der Waals surface area contributed by atoms with E-state index in [-0.39, 0.29) is 5.56 Å². The van der Waals surface area contributed by atoms with Crippen LogP contribution in [0.1, 0.15) is 80.3 Å². The molecule has 0 radical (unpaired) electrons. The number of esters is 1. The fourth-order valence-electron chi connectivity index (χ4n) is 3.88. The Morgan fingerprint density at radius 3 is 2.21 bits per heavy atom. The van der Waals surface area contributed by atoms with Gasteiger partial charge in [0.05, 0.1) is 11.3 Å². The van der Waals surface area contributed by atoms with E-state index in [2.05, 4.69) is 24.9 Å². The van der Waals surface area contributed by atoms with Gasteiger partial charge in [-0.3, -0.25) is 4.98 Å². The van der Waals surface area contributed by atoms with Gasteiger partial charge in [0.15, 0.2) is 0 Å². The number of unbranched alkanes of at least 4 members (excludes halogenated alkanes) is 5. The number of aryl methyl sites for hydroxylation is 2. The van der Waals surface area contributed by atoms with Crippen molar-refractivity contribution in [1.29, 1.82) is 0 Å². The molecule has 4 heteroatoms. The Morgan fingerprint density at radius 1 is 0.818 bits per heavy atom. The Labute approximate surface area is 197 Å². The van der Waals surface area contributed by atoms with Gasteiger partial charge in [0.25, 0.3) is 0 Å². The summed E-state index contributed by atoms with van der Waals surface area (Å²) in [5.41, 5.74) is 3.88. The molecule has 1 aromatic heterocycles. The number of nitrogens with zero attached hydrogens (tertiary/aromatic N) is 1. The second-order valence-corrected chi connectivity index (χ2v) is 8.55. The van der Waals surface area contributed by atoms with Crippen LogP contribution in [0.25, 0.3) is 11.3 Å². The molecule has 174 valence electrons. The largest absolute Gasteiger partial charge is 0.423 e. The van der Waals surface area contributed by atoms with Gasteiger partial charge in [-0.2, -0.15) is 0 Å². The topological polar surface area (TPSA) is 39.2 Å². The fraction of sp³-hybridized carbons (Fsp3) is 0.379. The highest BCUT2D eigenvalue weighted by Crippen LogP contribution is 2.23. The quantitative estimate of drug-likeness (QED) is 0.161. The van der Waals surface area contributed by atoms with Gasteiger partial charge in [-0.25, -0.2) is 9.18 Å². The van der Waals surface area contributed by atoms with Crippen LogP contribution in [0.15, 0.2) is 60.8 Å². The second kappa shape index (κ2) is 12.9. The molecule has 3 rings (SSSR count). The summed E-state index contributed by atoms with van der Waals surface area (Å²) in [4.78, 5) is 17.0. The highest BCUT2D eigenvalue weighted by molar-refractivity contribution is 5.91. The summed E-state index contributed by atoms with van der Waals surface area (Å²) in [5.74, 6) is -0.841. The van der Waals surface area contributed by atoms with Crippen molar-refractivity contribution in [3.63, 3.8) is 0 Å². The SMILES string of the molecule is CCCCCCCCc1ccc(C(=O)Oc2ccc(-c3ccc(CCC)cn3)cc2)c(F)c1. The van der Waals surface area contributed by atoms with E-state index in [1.54, 1.807) is 12.1 Å². The van der Waals surface area contributed by atoms with Crippen molar-refractivity contribution >= 4 is 5.97 Å². The predicted molar refractivity (Wildman–Crippen MR) is 132 cm³/mol. The van der Waals surface area contributed by atoms with Gasteiger partial charge in [0.1, 0.15) is 11.6 Å². The lowest BCUT2D eigenvalue weighted by Gasteiger charge is -2.08. The summed E-state index contributed by atoms with van der Waals surface area (Å²) >= 11 is 0. The maximum Gasteiger partial charge on any atom is 0.346 e. The molecule has 3 aromatic rings. The smallest absolute Gasteiger partial charge is 0.346 e. The molecule has 2 aromatic carbocycles. The molecule has 0 unspecified atom stereocenters. The van der Waals surface area contributed by atoms with E-state index in [4.69, 9.17) is 4.74 Å². The van der Waals surface area contributed by atoms with E-state index in [0.717, 1.165) is 48.9 Å². The summed E-state index contributed by atoms with van der Waals surface area (Å²) in [6.07, 6.45) is 12.0. The number of aromatic nitrogens is 1. The number of carbonyl (C=O) groups excluding carboxylic acids is 1. The predicted octanol–water partition coefficient (Wildman–Crippen LogP) is 7.96. The highest BCUT2D eigenvalue weighted by atomic mass is 19.1. The van der Waals surface area contributed by atoms with Crippen LogP contribution in [-0.2, 0) is 12.8 Å². The molecule has 0 bridgehead atoms. The molecule has 0 aliphatic heterocycles. The van der Waals surface area contributed by atoms with Gasteiger partial charge in [0.2, 0.25) is 0 Å². The number of rotatable bonds is 12. The molecule has 0 spiro atoms. The first-order valence-electron chi connectivity index (χ1n) is 12.2. The molecule has 33 heavy (non-hydrogen) atoms. The van der Waals surface area contributed by atoms with E-state index in [9.17, 15) is 9.18 Å². The molecule has 0 saturated heterocycles. The summed E-state index contributed by atoms with van der Waals surface area (Å²) < 4.78 is 19.9. The van der Waals surface area contributed by atoms with E-state index in [1.165, 1.54) is 43.4 Å². The minimum atomic E-state index is -0.687. The zero-order valence-corrected chi connectivity index (χ0v) is 19.8. The third kappa shape index (κ3) is 7.52. The maximum atomic E-state index is 14.5. The van der Waals surface area contributed by atoms with Crippen molar-refractivity contribution in [2.75, 3.05) is 0 Å². The molecule has 0 amide bonds. The molecular weight excluding hydrogens is 413 g/mol. The molecule has 1 heterocycles. The molecule has 3 nitrogen and oxygen atoms in total. The number of halogens is 1. The first-order chi connectivity index (χ1) is 16.1. The van der Waals surface area contributed by atoms with Crippen LogP contribution in [0, 0.1) is 5.82 Å². The number of ether oxygens (including phenoxy) is 1. The lowest BCUT2D eigenvalue weighted by atomic mass is 10.0. The van der Waals surface area contributed by atoms with Crippen LogP contribution in [0.2, 0.25) is 0 Å². The Bertz CT molecular complexity index is 1010. The summed E-state index contributed by atoms with van der Waals surface area (Å²) in [6, 6.07) is 16.0. The van der Waals surface area contributed by atoms with Crippen LogP contribution in [0.5, 0.6) is 5.75 Å². The van der Waals surface area contributed by atoms with Crippen LogP contribution >= 0.6 is 0 Å². The zero-order chi connectivity index (χ0) is 23.5. The number of hydrogen-bond acceptors (Lipinski definition) is 3. The van der Waals surface area contributed by atoms with Crippen molar-refractivity contribution in [1.82, 2.24) is 4.98 Å². The van der Waals surface area contributed by atoms with E-state index >= 15 is 0 Å². The zero-order valence-electron chi connectivity index (χ0n) is 19.8. The number of benzene rings is 2. The Hall–Kier alpha value is -3.01. The molecule has 0 fully saturated rings. The molecule has 0 saturated carbocycles.